The topological polar surface area (TPSA) is 51.5 Å². The number of hydrogen-bond donors (Lipinski definition) is 0. The Bertz CT molecular complexity index is 1430. The number of amides is 1. The Kier molecular flexibility index (Phi) is 6.39. The highest BCUT2D eigenvalue weighted by atomic mass is 19.4. The molecule has 4 rings (SSSR count). The second kappa shape index (κ2) is 9.18. The largest absolute Gasteiger partial charge is 0.465 e. The van der Waals surface area contributed by atoms with Crippen LogP contribution in [0.15, 0.2) is 71.4 Å². The molecule has 1 aliphatic heterocycles. The van der Waals surface area contributed by atoms with Gasteiger partial charge >= 0.3 is 12.1 Å². The predicted octanol–water partition coefficient (Wildman–Crippen LogP) is 6.30. The molecule has 0 aliphatic carbocycles. The monoisotopic (exact) mass is 494 g/mol. The molecule has 2 aromatic carbocycles. The van der Waals surface area contributed by atoms with Gasteiger partial charge in [-0.15, -0.1) is 0 Å². The maximum Gasteiger partial charge on any atom is 0.416 e. The van der Waals surface area contributed by atoms with Crippen LogP contribution in [-0.4, -0.2) is 23.6 Å². The maximum absolute atomic E-state index is 13.5. The van der Waals surface area contributed by atoms with Crippen molar-refractivity contribution in [1.29, 1.82) is 0 Å². The summed E-state index contributed by atoms with van der Waals surface area (Å²) in [4.78, 5) is 27.4. The molecule has 0 unspecified atom stereocenters. The number of rotatable bonds is 4. The number of halogens is 3. The Morgan fingerprint density at radius 3 is 2.22 bits per heavy atom. The Balaban J connectivity index is 1.84. The summed E-state index contributed by atoms with van der Waals surface area (Å²) in [6.07, 6.45) is -2.98. The Labute approximate surface area is 207 Å². The van der Waals surface area contributed by atoms with Crippen molar-refractivity contribution in [3.05, 3.63) is 99.5 Å². The number of benzene rings is 2. The van der Waals surface area contributed by atoms with Crippen LogP contribution in [0.3, 0.4) is 0 Å². The first-order valence-electron chi connectivity index (χ1n) is 11.2. The summed E-state index contributed by atoms with van der Waals surface area (Å²) in [5.74, 6) is -1.35. The lowest BCUT2D eigenvalue weighted by molar-refractivity contribution is -0.137. The molecule has 1 aromatic heterocycles. The number of hydrogen-bond acceptors (Lipinski definition) is 3. The fourth-order valence-corrected chi connectivity index (χ4v) is 4.49. The highest BCUT2D eigenvalue weighted by molar-refractivity contribution is 6.23. The molecule has 0 radical (unpaired) electrons. The fourth-order valence-electron chi connectivity index (χ4n) is 4.49. The van der Waals surface area contributed by atoms with Crippen molar-refractivity contribution < 1.29 is 27.5 Å². The number of carbonyl (C=O) groups is 2. The highest BCUT2D eigenvalue weighted by Crippen LogP contribution is 2.38. The average molecular weight is 495 g/mol. The normalized spacial score (nSPS) is 15.3. The van der Waals surface area contributed by atoms with Gasteiger partial charge < -0.3 is 9.30 Å². The van der Waals surface area contributed by atoms with E-state index in [4.69, 9.17) is 4.74 Å². The van der Waals surface area contributed by atoms with Crippen LogP contribution in [0, 0.1) is 20.8 Å². The van der Waals surface area contributed by atoms with Crippen LogP contribution < -0.4 is 4.90 Å². The molecule has 3 aromatic rings. The van der Waals surface area contributed by atoms with Gasteiger partial charge in [-0.1, -0.05) is 23.8 Å². The minimum atomic E-state index is -4.58. The van der Waals surface area contributed by atoms with Crippen LogP contribution >= 0.6 is 0 Å². The van der Waals surface area contributed by atoms with Crippen molar-refractivity contribution in [1.82, 2.24) is 4.57 Å². The summed E-state index contributed by atoms with van der Waals surface area (Å²) in [6, 6.07) is 14.3. The summed E-state index contributed by atoms with van der Waals surface area (Å²) < 4.78 is 46.9. The molecule has 0 fully saturated rings. The number of aryl methyl sites for hydroxylation is 2. The number of alkyl halides is 3. The lowest BCUT2D eigenvalue weighted by atomic mass is 10.0. The van der Waals surface area contributed by atoms with E-state index in [-0.39, 0.29) is 22.5 Å². The minimum absolute atomic E-state index is 0.0139. The molecule has 186 valence electrons. The average Bonchev–Trinajstić information content (AvgIpc) is 3.24. The van der Waals surface area contributed by atoms with E-state index in [0.717, 1.165) is 39.7 Å². The Hall–Kier alpha value is -4.07. The van der Waals surface area contributed by atoms with Crippen molar-refractivity contribution in [2.24, 2.45) is 0 Å². The Morgan fingerprint density at radius 2 is 1.61 bits per heavy atom. The summed E-state index contributed by atoms with van der Waals surface area (Å²) in [5, 5.41) is 0. The van der Waals surface area contributed by atoms with Gasteiger partial charge in [0.25, 0.3) is 5.91 Å². The van der Waals surface area contributed by atoms with Gasteiger partial charge in [-0.3, -0.25) is 9.69 Å². The van der Waals surface area contributed by atoms with E-state index < -0.39 is 23.6 Å². The fraction of sp³-hybridized carbons (Fsp3) is 0.214. The van der Waals surface area contributed by atoms with Gasteiger partial charge in [0.1, 0.15) is 0 Å². The van der Waals surface area contributed by atoms with E-state index in [9.17, 15) is 22.8 Å². The lowest BCUT2D eigenvalue weighted by Crippen LogP contribution is -2.25. The number of methoxy groups -OCH3 is 1. The molecule has 36 heavy (non-hydrogen) atoms. The first kappa shape index (κ1) is 25.0. The zero-order chi connectivity index (χ0) is 26.4. The molecule has 8 heteroatoms. The van der Waals surface area contributed by atoms with E-state index in [1.54, 1.807) is 6.08 Å². The van der Waals surface area contributed by atoms with E-state index in [0.29, 0.717) is 5.56 Å². The first-order valence-corrected chi connectivity index (χ1v) is 11.2. The number of aromatic nitrogens is 1. The predicted molar refractivity (Wildman–Crippen MR) is 132 cm³/mol. The molecule has 1 amide bonds. The number of anilines is 1. The van der Waals surface area contributed by atoms with Gasteiger partial charge in [-0.2, -0.15) is 13.2 Å². The zero-order valence-corrected chi connectivity index (χ0v) is 20.5. The summed E-state index contributed by atoms with van der Waals surface area (Å²) in [5.41, 5.74) is 3.94. The van der Waals surface area contributed by atoms with Crippen molar-refractivity contribution >= 4 is 23.6 Å². The van der Waals surface area contributed by atoms with Gasteiger partial charge in [-0.05, 0) is 75.7 Å². The molecular formula is C28H25F3N2O3. The summed E-state index contributed by atoms with van der Waals surface area (Å²) >= 11 is 0. The van der Waals surface area contributed by atoms with Crippen molar-refractivity contribution in [2.45, 2.75) is 33.9 Å². The van der Waals surface area contributed by atoms with E-state index >= 15 is 0 Å². The van der Waals surface area contributed by atoms with Crippen molar-refractivity contribution in [2.75, 3.05) is 12.0 Å². The van der Waals surface area contributed by atoms with Crippen LogP contribution in [0.5, 0.6) is 0 Å². The van der Waals surface area contributed by atoms with Gasteiger partial charge in [0.15, 0.2) is 0 Å². The SMILES string of the molecule is COC(=O)C1=C(C)N(c2cccc(C(F)(F)F)c2)C(=O)/C1=C\c1cc(C)n(-c2ccc(C)cc2)c1C. The van der Waals surface area contributed by atoms with Gasteiger partial charge in [-0.25, -0.2) is 4.79 Å². The quantitative estimate of drug-likeness (QED) is 0.316. The van der Waals surface area contributed by atoms with Crippen LogP contribution in [0.2, 0.25) is 0 Å². The molecule has 0 bridgehead atoms. The highest BCUT2D eigenvalue weighted by Gasteiger charge is 2.39. The molecular weight excluding hydrogens is 469 g/mol. The maximum atomic E-state index is 13.5. The van der Waals surface area contributed by atoms with Crippen LogP contribution in [0.4, 0.5) is 18.9 Å². The number of allylic oxidation sites excluding steroid dienone is 1. The molecule has 5 nitrogen and oxygen atoms in total. The van der Waals surface area contributed by atoms with Crippen LogP contribution in [0.25, 0.3) is 11.8 Å². The first-order chi connectivity index (χ1) is 16.9. The molecule has 1 aliphatic rings. The molecule has 0 saturated carbocycles. The minimum Gasteiger partial charge on any atom is -0.465 e. The molecule has 0 N–H and O–H groups in total. The van der Waals surface area contributed by atoms with Crippen LogP contribution in [0.1, 0.15) is 35.0 Å². The third-order valence-corrected chi connectivity index (χ3v) is 6.28. The number of carbonyl (C=O) groups excluding carboxylic acids is 2. The molecule has 0 atom stereocenters. The van der Waals surface area contributed by atoms with E-state index in [2.05, 4.69) is 0 Å². The van der Waals surface area contributed by atoms with E-state index in [1.807, 2.05) is 55.7 Å². The van der Waals surface area contributed by atoms with Gasteiger partial charge in [0.2, 0.25) is 0 Å². The number of ether oxygens (including phenoxy) is 1. The summed E-state index contributed by atoms with van der Waals surface area (Å²) in [6.45, 7) is 7.35. The third-order valence-electron chi connectivity index (χ3n) is 6.28. The molecule has 2 heterocycles. The molecule has 0 saturated heterocycles. The van der Waals surface area contributed by atoms with Crippen molar-refractivity contribution in [3.8, 4) is 5.69 Å². The third kappa shape index (κ3) is 4.34. The standard InChI is InChI=1S/C28H25F3N2O3/c1-16-9-11-22(12-10-16)32-17(2)13-20(18(32)3)14-24-25(27(35)36-5)19(4)33(26(24)34)23-8-6-7-21(15-23)28(29,30)31/h6-15H,1-5H3/b24-14-. The number of esters is 1. The second-order valence-corrected chi connectivity index (χ2v) is 8.70. The van der Waals surface area contributed by atoms with E-state index in [1.165, 1.54) is 26.2 Å². The van der Waals surface area contributed by atoms with Crippen molar-refractivity contribution in [3.63, 3.8) is 0 Å². The van der Waals surface area contributed by atoms with Gasteiger partial charge in [0, 0.05) is 28.5 Å². The Morgan fingerprint density at radius 1 is 0.944 bits per heavy atom. The number of nitrogens with zero attached hydrogens (tertiary/aromatic N) is 2. The second-order valence-electron chi connectivity index (χ2n) is 8.70. The zero-order valence-electron chi connectivity index (χ0n) is 20.5. The molecule has 0 spiro atoms. The van der Waals surface area contributed by atoms with Gasteiger partial charge in [0.05, 0.1) is 23.8 Å². The summed E-state index contributed by atoms with van der Waals surface area (Å²) in [7, 11) is 1.20. The van der Waals surface area contributed by atoms with Crippen LogP contribution in [-0.2, 0) is 20.5 Å². The lowest BCUT2D eigenvalue weighted by Gasteiger charge is -2.19. The smallest absolute Gasteiger partial charge is 0.416 e.